The molecular formula is C9H12N2O. The number of hydrogen-bond donors (Lipinski definition) is 1. The fourth-order valence-corrected chi connectivity index (χ4v) is 1.02. The third-order valence-electron chi connectivity index (χ3n) is 1.56. The van der Waals surface area contributed by atoms with Crippen molar-refractivity contribution in [2.75, 3.05) is 5.32 Å². The van der Waals surface area contributed by atoms with Crippen LogP contribution in [0.5, 0.6) is 0 Å². The Bertz CT molecular complexity index is 307. The number of rotatable bonds is 1. The lowest BCUT2D eigenvalue weighted by atomic mass is 10.2. The van der Waals surface area contributed by atoms with Crippen LogP contribution in [0.2, 0.25) is 0 Å². The Kier molecular flexibility index (Phi) is 2.43. The highest BCUT2D eigenvalue weighted by atomic mass is 16.1. The molecule has 1 N–H and O–H groups in total. The average molecular weight is 164 g/mol. The molecule has 1 amide bonds. The predicted octanol–water partition coefficient (Wildman–Crippen LogP) is 1.66. The zero-order chi connectivity index (χ0) is 9.14. The molecule has 0 aromatic carbocycles. The van der Waals surface area contributed by atoms with Gasteiger partial charge in [-0.25, -0.2) is 0 Å². The van der Waals surface area contributed by atoms with Gasteiger partial charge in [0.1, 0.15) is 0 Å². The van der Waals surface area contributed by atoms with E-state index in [0.29, 0.717) is 0 Å². The summed E-state index contributed by atoms with van der Waals surface area (Å²) in [5.74, 6) is -0.0660. The molecule has 0 aliphatic carbocycles. The summed E-state index contributed by atoms with van der Waals surface area (Å²) in [5.41, 5.74) is 2.78. The van der Waals surface area contributed by atoms with E-state index in [4.69, 9.17) is 0 Å². The first-order chi connectivity index (χ1) is 5.59. The van der Waals surface area contributed by atoms with Gasteiger partial charge in [0.25, 0.3) is 0 Å². The van der Waals surface area contributed by atoms with Gasteiger partial charge in [-0.3, -0.25) is 9.78 Å². The Morgan fingerprint density at radius 3 is 2.67 bits per heavy atom. The molecule has 0 saturated carbocycles. The minimum atomic E-state index is -0.0660. The Morgan fingerprint density at radius 2 is 2.17 bits per heavy atom. The van der Waals surface area contributed by atoms with Crippen LogP contribution in [-0.4, -0.2) is 10.9 Å². The molecule has 0 spiro atoms. The van der Waals surface area contributed by atoms with Crippen molar-refractivity contribution in [3.8, 4) is 0 Å². The van der Waals surface area contributed by atoms with E-state index in [1.54, 1.807) is 6.20 Å². The fourth-order valence-electron chi connectivity index (χ4n) is 1.02. The van der Waals surface area contributed by atoms with Crippen LogP contribution in [0.15, 0.2) is 12.3 Å². The van der Waals surface area contributed by atoms with E-state index >= 15 is 0 Å². The molecule has 0 radical (unpaired) electrons. The number of aromatic nitrogens is 1. The monoisotopic (exact) mass is 164 g/mol. The average Bonchev–Trinajstić information content (AvgIpc) is 1.94. The summed E-state index contributed by atoms with van der Waals surface area (Å²) in [6.07, 6.45) is 1.67. The van der Waals surface area contributed by atoms with Crippen LogP contribution in [0.25, 0.3) is 0 Å². The first-order valence-electron chi connectivity index (χ1n) is 3.80. The van der Waals surface area contributed by atoms with Gasteiger partial charge < -0.3 is 5.32 Å². The van der Waals surface area contributed by atoms with Crippen LogP contribution in [0.3, 0.4) is 0 Å². The summed E-state index contributed by atoms with van der Waals surface area (Å²) in [6, 6.07) is 1.94. The number of amides is 1. The molecule has 0 bridgehead atoms. The minimum absolute atomic E-state index is 0.0660. The maximum atomic E-state index is 10.7. The van der Waals surface area contributed by atoms with Crippen LogP contribution in [0, 0.1) is 13.8 Å². The molecule has 12 heavy (non-hydrogen) atoms. The summed E-state index contributed by atoms with van der Waals surface area (Å²) in [7, 11) is 0. The minimum Gasteiger partial charge on any atom is -0.325 e. The Balaban J connectivity index is 2.93. The van der Waals surface area contributed by atoms with Gasteiger partial charge in [0.05, 0.1) is 11.9 Å². The van der Waals surface area contributed by atoms with E-state index in [1.807, 2.05) is 19.9 Å². The van der Waals surface area contributed by atoms with Crippen molar-refractivity contribution in [3.63, 3.8) is 0 Å². The largest absolute Gasteiger partial charge is 0.325 e. The van der Waals surface area contributed by atoms with Gasteiger partial charge in [0.15, 0.2) is 0 Å². The van der Waals surface area contributed by atoms with Gasteiger partial charge in [-0.1, -0.05) is 0 Å². The van der Waals surface area contributed by atoms with Gasteiger partial charge >= 0.3 is 0 Å². The molecule has 0 aliphatic rings. The molecule has 3 nitrogen and oxygen atoms in total. The Hall–Kier alpha value is -1.38. The summed E-state index contributed by atoms with van der Waals surface area (Å²) < 4.78 is 0. The lowest BCUT2D eigenvalue weighted by molar-refractivity contribution is -0.114. The maximum Gasteiger partial charge on any atom is 0.221 e. The van der Waals surface area contributed by atoms with E-state index in [9.17, 15) is 4.79 Å². The highest BCUT2D eigenvalue weighted by molar-refractivity contribution is 5.89. The molecule has 0 atom stereocenters. The van der Waals surface area contributed by atoms with Crippen molar-refractivity contribution in [2.24, 2.45) is 0 Å². The first-order valence-corrected chi connectivity index (χ1v) is 3.80. The van der Waals surface area contributed by atoms with Crippen LogP contribution < -0.4 is 5.32 Å². The highest BCUT2D eigenvalue weighted by Crippen LogP contribution is 2.12. The number of nitrogens with one attached hydrogen (secondary N) is 1. The topological polar surface area (TPSA) is 42.0 Å². The van der Waals surface area contributed by atoms with E-state index in [0.717, 1.165) is 16.9 Å². The molecule has 0 fully saturated rings. The number of carbonyl (C=O) groups is 1. The van der Waals surface area contributed by atoms with Gasteiger partial charge in [-0.2, -0.15) is 0 Å². The Labute approximate surface area is 71.8 Å². The normalized spacial score (nSPS) is 9.58. The molecule has 1 rings (SSSR count). The number of pyridine rings is 1. The smallest absolute Gasteiger partial charge is 0.221 e. The molecule has 0 unspecified atom stereocenters. The van der Waals surface area contributed by atoms with Crippen molar-refractivity contribution >= 4 is 11.6 Å². The van der Waals surface area contributed by atoms with Crippen LogP contribution in [0.1, 0.15) is 18.2 Å². The molecule has 1 aromatic heterocycles. The standard InChI is InChI=1S/C9H12N2O/c1-6-4-7(2)10-5-9(6)11-8(3)12/h4-5H,1-3H3,(H,11,12). The molecular weight excluding hydrogens is 152 g/mol. The lowest BCUT2D eigenvalue weighted by Crippen LogP contribution is -2.07. The van der Waals surface area contributed by atoms with Crippen LogP contribution >= 0.6 is 0 Å². The van der Waals surface area contributed by atoms with Gasteiger partial charge in [0.2, 0.25) is 5.91 Å². The number of hydrogen-bond acceptors (Lipinski definition) is 2. The van der Waals surface area contributed by atoms with E-state index < -0.39 is 0 Å². The van der Waals surface area contributed by atoms with Gasteiger partial charge in [-0.05, 0) is 25.5 Å². The van der Waals surface area contributed by atoms with E-state index in [-0.39, 0.29) is 5.91 Å². The molecule has 3 heteroatoms. The molecule has 0 aliphatic heterocycles. The van der Waals surface area contributed by atoms with Crippen molar-refractivity contribution < 1.29 is 4.79 Å². The second-order valence-corrected chi connectivity index (χ2v) is 2.82. The number of carbonyl (C=O) groups excluding carboxylic acids is 1. The summed E-state index contributed by atoms with van der Waals surface area (Å²) in [6.45, 7) is 5.35. The van der Waals surface area contributed by atoms with E-state index in [1.165, 1.54) is 6.92 Å². The van der Waals surface area contributed by atoms with Gasteiger partial charge in [-0.15, -0.1) is 0 Å². The summed E-state index contributed by atoms with van der Waals surface area (Å²) >= 11 is 0. The number of aryl methyl sites for hydroxylation is 2. The van der Waals surface area contributed by atoms with E-state index in [2.05, 4.69) is 10.3 Å². The Morgan fingerprint density at radius 1 is 1.50 bits per heavy atom. The molecule has 0 saturated heterocycles. The van der Waals surface area contributed by atoms with Crippen LogP contribution in [0.4, 0.5) is 5.69 Å². The number of nitrogens with zero attached hydrogens (tertiary/aromatic N) is 1. The third kappa shape index (κ3) is 2.05. The summed E-state index contributed by atoms with van der Waals surface area (Å²) in [5, 5.41) is 2.70. The third-order valence-corrected chi connectivity index (χ3v) is 1.56. The lowest BCUT2D eigenvalue weighted by Gasteiger charge is -2.05. The molecule has 1 aromatic rings. The predicted molar refractivity (Wildman–Crippen MR) is 48.0 cm³/mol. The van der Waals surface area contributed by atoms with Crippen molar-refractivity contribution in [1.82, 2.24) is 4.98 Å². The first kappa shape index (κ1) is 8.71. The molecule has 1 heterocycles. The quantitative estimate of drug-likeness (QED) is 0.685. The fraction of sp³-hybridized carbons (Fsp3) is 0.333. The maximum absolute atomic E-state index is 10.7. The highest BCUT2D eigenvalue weighted by Gasteiger charge is 1.99. The second kappa shape index (κ2) is 3.34. The number of anilines is 1. The molecule has 64 valence electrons. The summed E-state index contributed by atoms with van der Waals surface area (Å²) in [4.78, 5) is 14.8. The van der Waals surface area contributed by atoms with Crippen molar-refractivity contribution in [2.45, 2.75) is 20.8 Å². The zero-order valence-corrected chi connectivity index (χ0v) is 7.51. The van der Waals surface area contributed by atoms with Gasteiger partial charge in [0, 0.05) is 12.6 Å². The van der Waals surface area contributed by atoms with Crippen molar-refractivity contribution in [3.05, 3.63) is 23.5 Å². The van der Waals surface area contributed by atoms with Crippen LogP contribution in [-0.2, 0) is 4.79 Å². The second-order valence-electron chi connectivity index (χ2n) is 2.82. The SMILES string of the molecule is CC(=O)Nc1cnc(C)cc1C. The zero-order valence-electron chi connectivity index (χ0n) is 7.51. The van der Waals surface area contributed by atoms with Crippen molar-refractivity contribution in [1.29, 1.82) is 0 Å².